The number of nitrogens with zero attached hydrogens (tertiary/aromatic N) is 3. The molecule has 0 aliphatic carbocycles. The van der Waals surface area contributed by atoms with Crippen molar-refractivity contribution in [2.45, 2.75) is 26.0 Å². The van der Waals surface area contributed by atoms with Crippen molar-refractivity contribution in [1.29, 1.82) is 0 Å². The minimum Gasteiger partial charge on any atom is -0.388 e. The zero-order valence-electron chi connectivity index (χ0n) is 12.0. The highest BCUT2D eigenvalue weighted by Crippen LogP contribution is 2.16. The molecule has 1 aromatic carbocycles. The van der Waals surface area contributed by atoms with Crippen LogP contribution >= 0.6 is 0 Å². The van der Waals surface area contributed by atoms with Gasteiger partial charge in [0.25, 0.3) is 0 Å². The summed E-state index contributed by atoms with van der Waals surface area (Å²) in [6, 6.07) is 11.8. The van der Waals surface area contributed by atoms with Crippen molar-refractivity contribution >= 4 is 0 Å². The average molecular weight is 273 g/mol. The summed E-state index contributed by atoms with van der Waals surface area (Å²) in [4.78, 5) is 2.34. The molecule has 0 unspecified atom stereocenters. The maximum Gasteiger partial charge on any atom is 0.0802 e. The van der Waals surface area contributed by atoms with Gasteiger partial charge in [-0.05, 0) is 24.6 Å². The Kier molecular flexibility index (Phi) is 5.77. The van der Waals surface area contributed by atoms with Gasteiger partial charge in [0.15, 0.2) is 0 Å². The highest BCUT2D eigenvalue weighted by Gasteiger charge is 2.09. The second-order valence-electron chi connectivity index (χ2n) is 4.92. The molecule has 2 rings (SSSR count). The Morgan fingerprint density at radius 1 is 1.20 bits per heavy atom. The summed E-state index contributed by atoms with van der Waals surface area (Å²) in [5.74, 6) is 0. The Balaban J connectivity index is 1.75. The molecule has 0 aliphatic rings. The quantitative estimate of drug-likeness (QED) is 0.802. The first-order valence-electron chi connectivity index (χ1n) is 7.22. The van der Waals surface area contributed by atoms with Crippen LogP contribution in [0, 0.1) is 0 Å². The van der Waals surface area contributed by atoms with Crippen molar-refractivity contribution < 1.29 is 5.11 Å². The van der Waals surface area contributed by atoms with Gasteiger partial charge in [-0.25, -0.2) is 0 Å². The second kappa shape index (κ2) is 7.82. The number of hydrogen-bond donors (Lipinski definition) is 1. The first-order chi connectivity index (χ1) is 9.79. The molecule has 4 nitrogen and oxygen atoms in total. The van der Waals surface area contributed by atoms with Crippen molar-refractivity contribution in [2.24, 2.45) is 0 Å². The smallest absolute Gasteiger partial charge is 0.0802 e. The molecule has 108 valence electrons. The SMILES string of the molecule is CCN(CC[C@@H](O)c1ccccc1)CCn1cccn1. The number of aromatic nitrogens is 2. The Bertz CT molecular complexity index is 470. The molecule has 1 N–H and O–H groups in total. The van der Waals surface area contributed by atoms with Gasteiger partial charge in [0, 0.05) is 25.5 Å². The lowest BCUT2D eigenvalue weighted by Gasteiger charge is -2.22. The molecule has 2 aromatic rings. The summed E-state index contributed by atoms with van der Waals surface area (Å²) in [5, 5.41) is 14.4. The first-order valence-corrected chi connectivity index (χ1v) is 7.22. The fourth-order valence-corrected chi connectivity index (χ4v) is 2.25. The molecule has 0 fully saturated rings. The molecule has 1 atom stereocenters. The highest BCUT2D eigenvalue weighted by molar-refractivity contribution is 5.17. The fraction of sp³-hybridized carbons (Fsp3) is 0.438. The van der Waals surface area contributed by atoms with E-state index in [1.807, 2.05) is 47.3 Å². The number of aliphatic hydroxyl groups is 1. The van der Waals surface area contributed by atoms with Gasteiger partial charge in [-0.2, -0.15) is 5.10 Å². The standard InChI is InChI=1S/C16H23N3O/c1-2-18(13-14-19-11-6-10-17-19)12-9-16(20)15-7-4-3-5-8-15/h3-8,10-11,16,20H,2,9,12-14H2,1H3/t16-/m1/s1. The van der Waals surface area contributed by atoms with Crippen LogP contribution in [0.1, 0.15) is 25.0 Å². The van der Waals surface area contributed by atoms with Crippen LogP contribution in [0.3, 0.4) is 0 Å². The van der Waals surface area contributed by atoms with E-state index < -0.39 is 0 Å². The van der Waals surface area contributed by atoms with Crippen molar-refractivity contribution in [2.75, 3.05) is 19.6 Å². The lowest BCUT2D eigenvalue weighted by atomic mass is 10.1. The number of rotatable bonds is 8. The summed E-state index contributed by atoms with van der Waals surface area (Å²) >= 11 is 0. The Morgan fingerprint density at radius 2 is 2.00 bits per heavy atom. The van der Waals surface area contributed by atoms with Crippen LogP contribution in [0.5, 0.6) is 0 Å². The Morgan fingerprint density at radius 3 is 2.65 bits per heavy atom. The minimum absolute atomic E-state index is 0.380. The van der Waals surface area contributed by atoms with Crippen LogP contribution in [-0.2, 0) is 6.54 Å². The zero-order chi connectivity index (χ0) is 14.2. The molecule has 0 spiro atoms. The minimum atomic E-state index is -0.380. The topological polar surface area (TPSA) is 41.3 Å². The third-order valence-electron chi connectivity index (χ3n) is 3.55. The van der Waals surface area contributed by atoms with Crippen LogP contribution in [-0.4, -0.2) is 39.4 Å². The number of benzene rings is 1. The van der Waals surface area contributed by atoms with Crippen molar-refractivity contribution in [1.82, 2.24) is 14.7 Å². The van der Waals surface area contributed by atoms with Crippen LogP contribution in [0.15, 0.2) is 48.8 Å². The van der Waals surface area contributed by atoms with Gasteiger partial charge in [-0.15, -0.1) is 0 Å². The zero-order valence-corrected chi connectivity index (χ0v) is 12.0. The predicted octanol–water partition coefficient (Wildman–Crippen LogP) is 2.33. The third-order valence-corrected chi connectivity index (χ3v) is 3.55. The molecule has 4 heteroatoms. The molecular weight excluding hydrogens is 250 g/mol. The van der Waals surface area contributed by atoms with Gasteiger partial charge < -0.3 is 10.0 Å². The first kappa shape index (κ1) is 14.8. The van der Waals surface area contributed by atoms with Gasteiger partial charge in [0.2, 0.25) is 0 Å². The maximum atomic E-state index is 10.2. The monoisotopic (exact) mass is 273 g/mol. The summed E-state index contributed by atoms with van der Waals surface area (Å²) in [7, 11) is 0. The van der Waals surface area contributed by atoms with Gasteiger partial charge in [0.05, 0.1) is 12.6 Å². The molecule has 1 aromatic heterocycles. The van der Waals surface area contributed by atoms with Crippen molar-refractivity contribution in [3.63, 3.8) is 0 Å². The predicted molar refractivity (Wildman–Crippen MR) is 80.4 cm³/mol. The molecular formula is C16H23N3O. The summed E-state index contributed by atoms with van der Waals surface area (Å²) in [5.41, 5.74) is 0.996. The number of hydrogen-bond acceptors (Lipinski definition) is 3. The van der Waals surface area contributed by atoms with Crippen LogP contribution in [0.2, 0.25) is 0 Å². The van der Waals surface area contributed by atoms with Gasteiger partial charge in [-0.3, -0.25) is 4.68 Å². The maximum absolute atomic E-state index is 10.2. The highest BCUT2D eigenvalue weighted by atomic mass is 16.3. The van der Waals surface area contributed by atoms with E-state index in [0.29, 0.717) is 0 Å². The second-order valence-corrected chi connectivity index (χ2v) is 4.92. The number of aliphatic hydroxyl groups excluding tert-OH is 1. The Labute approximate surface area is 120 Å². The van der Waals surface area contributed by atoms with Crippen LogP contribution in [0.25, 0.3) is 0 Å². The van der Waals surface area contributed by atoms with E-state index in [1.54, 1.807) is 6.20 Å². The fourth-order valence-electron chi connectivity index (χ4n) is 2.25. The Hall–Kier alpha value is -1.65. The van der Waals surface area contributed by atoms with Gasteiger partial charge in [-0.1, -0.05) is 37.3 Å². The lowest BCUT2D eigenvalue weighted by molar-refractivity contribution is 0.142. The van der Waals surface area contributed by atoms with E-state index in [2.05, 4.69) is 16.9 Å². The van der Waals surface area contributed by atoms with Crippen LogP contribution in [0.4, 0.5) is 0 Å². The molecule has 1 heterocycles. The molecule has 20 heavy (non-hydrogen) atoms. The van der Waals surface area contributed by atoms with Gasteiger partial charge in [0.1, 0.15) is 0 Å². The van der Waals surface area contributed by atoms with Gasteiger partial charge >= 0.3 is 0 Å². The van der Waals surface area contributed by atoms with E-state index in [1.165, 1.54) is 0 Å². The lowest BCUT2D eigenvalue weighted by Crippen LogP contribution is -2.29. The van der Waals surface area contributed by atoms with Crippen molar-refractivity contribution in [3.05, 3.63) is 54.4 Å². The van der Waals surface area contributed by atoms with E-state index >= 15 is 0 Å². The molecule has 0 radical (unpaired) electrons. The summed E-state index contributed by atoms with van der Waals surface area (Å²) in [6.45, 7) is 5.89. The normalized spacial score (nSPS) is 12.8. The van der Waals surface area contributed by atoms with E-state index in [-0.39, 0.29) is 6.10 Å². The molecule has 0 aliphatic heterocycles. The number of likely N-dealkylation sites (N-methyl/N-ethyl adjacent to an activating group) is 1. The summed E-state index contributed by atoms with van der Waals surface area (Å²) < 4.78 is 1.94. The molecule has 0 amide bonds. The van der Waals surface area contributed by atoms with Crippen molar-refractivity contribution in [3.8, 4) is 0 Å². The third kappa shape index (κ3) is 4.47. The summed E-state index contributed by atoms with van der Waals surface area (Å²) in [6.07, 6.45) is 4.16. The van der Waals surface area contributed by atoms with E-state index in [4.69, 9.17) is 0 Å². The molecule has 0 bridgehead atoms. The van der Waals surface area contributed by atoms with E-state index in [0.717, 1.165) is 38.2 Å². The molecule has 0 saturated heterocycles. The van der Waals surface area contributed by atoms with E-state index in [9.17, 15) is 5.11 Å². The average Bonchev–Trinajstić information content (AvgIpc) is 3.01. The van der Waals surface area contributed by atoms with Crippen LogP contribution < -0.4 is 0 Å². The largest absolute Gasteiger partial charge is 0.388 e. The molecule has 0 saturated carbocycles.